The van der Waals surface area contributed by atoms with Crippen LogP contribution in [-0.4, -0.2) is 23.8 Å². The van der Waals surface area contributed by atoms with Gasteiger partial charge in [0.05, 0.1) is 0 Å². The minimum absolute atomic E-state index is 0.176. The van der Waals surface area contributed by atoms with E-state index in [1.54, 1.807) is 0 Å². The van der Waals surface area contributed by atoms with Crippen molar-refractivity contribution < 1.29 is 5.11 Å². The molecule has 1 fully saturated rings. The summed E-state index contributed by atoms with van der Waals surface area (Å²) < 4.78 is 0. The van der Waals surface area contributed by atoms with Gasteiger partial charge in [-0.15, -0.1) is 0 Å². The van der Waals surface area contributed by atoms with E-state index in [9.17, 15) is 0 Å². The van der Waals surface area contributed by atoms with E-state index in [-0.39, 0.29) is 5.54 Å². The number of rotatable bonds is 3. The number of aliphatic hydroxyl groups is 1. The van der Waals surface area contributed by atoms with Crippen LogP contribution in [0.4, 0.5) is 5.69 Å². The maximum absolute atomic E-state index is 9.15. The lowest BCUT2D eigenvalue weighted by Crippen LogP contribution is -2.50. The molecule has 2 nitrogen and oxygen atoms in total. The second kappa shape index (κ2) is 5.54. The Morgan fingerprint density at radius 2 is 1.89 bits per heavy atom. The Balaban J connectivity index is 2.26. The predicted octanol–water partition coefficient (Wildman–Crippen LogP) is 3.68. The lowest BCUT2D eigenvalue weighted by atomic mass is 9.80. The number of hydrogen-bond donors (Lipinski definition) is 1. The molecule has 0 amide bonds. The van der Waals surface area contributed by atoms with Crippen molar-refractivity contribution in [3.63, 3.8) is 0 Å². The highest BCUT2D eigenvalue weighted by Gasteiger charge is 2.35. The molecule has 0 saturated carbocycles. The molecule has 0 aromatic heterocycles. The molecule has 19 heavy (non-hydrogen) atoms. The third-order valence-corrected chi connectivity index (χ3v) is 4.53. The quantitative estimate of drug-likeness (QED) is 0.897. The molecule has 2 heteroatoms. The summed E-state index contributed by atoms with van der Waals surface area (Å²) in [5.41, 5.74) is 4.33. The molecule has 106 valence electrons. The number of nitrogens with zero attached hydrogens (tertiary/aromatic N) is 1. The van der Waals surface area contributed by atoms with Crippen LogP contribution in [0.5, 0.6) is 0 Å². The molecule has 1 heterocycles. The monoisotopic (exact) mass is 261 g/mol. The van der Waals surface area contributed by atoms with Gasteiger partial charge in [0.25, 0.3) is 0 Å². The fraction of sp³-hybridized carbons (Fsp3) is 0.647. The molecular formula is C17H27NO. The molecule has 1 unspecified atom stereocenters. The maximum atomic E-state index is 9.15. The van der Waals surface area contributed by atoms with Gasteiger partial charge < -0.3 is 10.0 Å². The van der Waals surface area contributed by atoms with Gasteiger partial charge in [-0.3, -0.25) is 0 Å². The molecule has 1 aliphatic rings. The van der Waals surface area contributed by atoms with Crippen molar-refractivity contribution in [2.75, 3.05) is 18.1 Å². The van der Waals surface area contributed by atoms with Crippen LogP contribution >= 0.6 is 0 Å². The van der Waals surface area contributed by atoms with Gasteiger partial charge in [-0.25, -0.2) is 0 Å². The Bertz CT molecular complexity index is 419. The van der Waals surface area contributed by atoms with E-state index in [0.717, 1.165) is 13.0 Å². The summed E-state index contributed by atoms with van der Waals surface area (Å²) in [6, 6.07) is 6.55. The fourth-order valence-corrected chi connectivity index (χ4v) is 3.61. The van der Waals surface area contributed by atoms with Crippen LogP contribution in [0, 0.1) is 19.8 Å². The van der Waals surface area contributed by atoms with E-state index in [1.807, 2.05) is 0 Å². The lowest BCUT2D eigenvalue weighted by molar-refractivity contribution is 0.204. The highest BCUT2D eigenvalue weighted by atomic mass is 16.3. The summed E-state index contributed by atoms with van der Waals surface area (Å²) >= 11 is 0. The fourth-order valence-electron chi connectivity index (χ4n) is 3.61. The van der Waals surface area contributed by atoms with Crippen LogP contribution in [0.1, 0.15) is 44.2 Å². The van der Waals surface area contributed by atoms with Gasteiger partial charge >= 0.3 is 0 Å². The number of aryl methyl sites for hydroxylation is 2. The molecule has 1 aromatic carbocycles. The summed E-state index contributed by atoms with van der Waals surface area (Å²) in [6.45, 7) is 10.5. The van der Waals surface area contributed by atoms with Crippen molar-refractivity contribution in [1.82, 2.24) is 0 Å². The van der Waals surface area contributed by atoms with Crippen LogP contribution in [-0.2, 0) is 0 Å². The van der Waals surface area contributed by atoms with Gasteiger partial charge in [-0.05, 0) is 64.0 Å². The number of aliphatic hydroxyl groups excluding tert-OH is 1. The van der Waals surface area contributed by atoms with E-state index < -0.39 is 0 Å². The van der Waals surface area contributed by atoms with Crippen LogP contribution in [0.3, 0.4) is 0 Å². The topological polar surface area (TPSA) is 23.5 Å². The molecule has 0 radical (unpaired) electrons. The van der Waals surface area contributed by atoms with Crippen molar-refractivity contribution in [3.05, 3.63) is 29.3 Å². The molecule has 0 aliphatic carbocycles. The lowest BCUT2D eigenvalue weighted by Gasteiger charge is -2.48. The summed E-state index contributed by atoms with van der Waals surface area (Å²) in [5.74, 6) is 0.667. The standard InChI is InChI=1S/C17H27NO/c1-13-6-5-7-14(2)16(13)18-10-8-15(9-11-19)12-17(18,3)4/h5-7,15,19H,8-12H2,1-4H3. The molecule has 1 atom stereocenters. The first-order chi connectivity index (χ1) is 8.95. The Morgan fingerprint density at radius 1 is 1.26 bits per heavy atom. The van der Waals surface area contributed by atoms with Crippen LogP contribution in [0.2, 0.25) is 0 Å². The Morgan fingerprint density at radius 3 is 2.42 bits per heavy atom. The second-order valence-corrected chi connectivity index (χ2v) is 6.58. The first-order valence-corrected chi connectivity index (χ1v) is 7.40. The predicted molar refractivity (Wildman–Crippen MR) is 81.8 cm³/mol. The molecule has 0 bridgehead atoms. The van der Waals surface area contributed by atoms with Gasteiger partial charge in [0, 0.05) is 24.4 Å². The minimum atomic E-state index is 0.176. The normalized spacial score (nSPS) is 22.6. The number of hydrogen-bond acceptors (Lipinski definition) is 2. The van der Waals surface area contributed by atoms with Crippen molar-refractivity contribution >= 4 is 5.69 Å². The van der Waals surface area contributed by atoms with Crippen molar-refractivity contribution in [2.45, 2.75) is 52.5 Å². The Labute approximate surface area is 117 Å². The summed E-state index contributed by atoms with van der Waals surface area (Å²) in [5, 5.41) is 9.15. The number of benzene rings is 1. The van der Waals surface area contributed by atoms with E-state index in [4.69, 9.17) is 5.11 Å². The highest BCUT2D eigenvalue weighted by Crippen LogP contribution is 2.39. The van der Waals surface area contributed by atoms with Crippen molar-refractivity contribution in [1.29, 1.82) is 0 Å². The van der Waals surface area contributed by atoms with Crippen LogP contribution in [0.25, 0.3) is 0 Å². The van der Waals surface area contributed by atoms with Crippen molar-refractivity contribution in [3.8, 4) is 0 Å². The SMILES string of the molecule is Cc1cccc(C)c1N1CCC(CCO)CC1(C)C. The molecule has 0 spiro atoms. The van der Waals surface area contributed by atoms with Crippen LogP contribution < -0.4 is 4.90 Å². The first-order valence-electron chi connectivity index (χ1n) is 7.40. The van der Waals surface area contributed by atoms with Crippen molar-refractivity contribution in [2.24, 2.45) is 5.92 Å². The smallest absolute Gasteiger partial charge is 0.0433 e. The van der Waals surface area contributed by atoms with Gasteiger partial charge in [-0.2, -0.15) is 0 Å². The average molecular weight is 261 g/mol. The second-order valence-electron chi connectivity index (χ2n) is 6.58. The number of para-hydroxylation sites is 1. The molecule has 1 aromatic rings. The van der Waals surface area contributed by atoms with Gasteiger partial charge in [-0.1, -0.05) is 18.2 Å². The minimum Gasteiger partial charge on any atom is -0.396 e. The highest BCUT2D eigenvalue weighted by molar-refractivity contribution is 5.60. The zero-order valence-electron chi connectivity index (χ0n) is 12.7. The summed E-state index contributed by atoms with van der Waals surface area (Å²) in [6.07, 6.45) is 3.31. The first kappa shape index (κ1) is 14.4. The summed E-state index contributed by atoms with van der Waals surface area (Å²) in [4.78, 5) is 2.57. The largest absolute Gasteiger partial charge is 0.396 e. The van der Waals surface area contributed by atoms with E-state index in [2.05, 4.69) is 50.8 Å². The van der Waals surface area contributed by atoms with Gasteiger partial charge in [0.2, 0.25) is 0 Å². The van der Waals surface area contributed by atoms with Gasteiger partial charge in [0.1, 0.15) is 0 Å². The van der Waals surface area contributed by atoms with Crippen LogP contribution in [0.15, 0.2) is 18.2 Å². The Kier molecular flexibility index (Phi) is 4.19. The zero-order valence-corrected chi connectivity index (χ0v) is 12.7. The summed E-state index contributed by atoms with van der Waals surface area (Å²) in [7, 11) is 0. The molecule has 2 rings (SSSR count). The van der Waals surface area contributed by atoms with Gasteiger partial charge in [0.15, 0.2) is 0 Å². The Hall–Kier alpha value is -1.02. The molecular weight excluding hydrogens is 234 g/mol. The van der Waals surface area contributed by atoms with E-state index in [1.165, 1.54) is 29.7 Å². The number of anilines is 1. The third kappa shape index (κ3) is 2.94. The molecule has 1 N–H and O–H groups in total. The van der Waals surface area contributed by atoms with E-state index in [0.29, 0.717) is 12.5 Å². The molecule has 1 saturated heterocycles. The van der Waals surface area contributed by atoms with E-state index >= 15 is 0 Å². The average Bonchev–Trinajstić information content (AvgIpc) is 2.31. The number of piperidine rings is 1. The maximum Gasteiger partial charge on any atom is 0.0433 e. The third-order valence-electron chi connectivity index (χ3n) is 4.53. The zero-order chi connectivity index (χ0) is 14.0. The molecule has 1 aliphatic heterocycles.